The van der Waals surface area contributed by atoms with Gasteiger partial charge in [0.2, 0.25) is 11.8 Å². The minimum atomic E-state index is 0.0400. The lowest BCUT2D eigenvalue weighted by atomic mass is 10.0. The molecule has 0 radical (unpaired) electrons. The fourth-order valence-electron chi connectivity index (χ4n) is 2.06. The Bertz CT molecular complexity index is 304. The maximum absolute atomic E-state index is 11.7. The first kappa shape index (κ1) is 11.4. The quantitative estimate of drug-likeness (QED) is 0.709. The smallest absolute Gasteiger partial charge is 0.225 e. The molecule has 2 amide bonds. The number of carbonyl (C=O) groups excluding carboxylic acids is 2. The average Bonchev–Trinajstić information content (AvgIpc) is 2.96. The number of hydrogen-bond donors (Lipinski definition) is 0. The van der Waals surface area contributed by atoms with E-state index in [2.05, 4.69) is 0 Å². The minimum Gasteiger partial charge on any atom is -0.339 e. The van der Waals surface area contributed by atoms with E-state index in [1.165, 1.54) is 0 Å². The van der Waals surface area contributed by atoms with E-state index in [9.17, 15) is 9.59 Å². The van der Waals surface area contributed by atoms with Gasteiger partial charge in [0.05, 0.1) is 6.04 Å². The summed E-state index contributed by atoms with van der Waals surface area (Å²) in [5, 5.41) is 0. The Kier molecular flexibility index (Phi) is 2.91. The van der Waals surface area contributed by atoms with Gasteiger partial charge in [-0.2, -0.15) is 0 Å². The van der Waals surface area contributed by atoms with Crippen molar-refractivity contribution in [3.63, 3.8) is 0 Å². The molecule has 4 heteroatoms. The van der Waals surface area contributed by atoms with Crippen molar-refractivity contribution in [1.82, 2.24) is 9.80 Å². The second-order valence-corrected chi connectivity index (χ2v) is 5.28. The molecule has 1 aliphatic heterocycles. The van der Waals surface area contributed by atoms with Gasteiger partial charge in [0.1, 0.15) is 0 Å². The van der Waals surface area contributed by atoms with Crippen LogP contribution in [0.2, 0.25) is 0 Å². The fourth-order valence-corrected chi connectivity index (χ4v) is 2.06. The number of nitrogens with zero attached hydrogens (tertiary/aromatic N) is 2. The number of carbonyl (C=O) groups is 2. The molecule has 0 aromatic rings. The Morgan fingerprint density at radius 3 is 2.25 bits per heavy atom. The van der Waals surface area contributed by atoms with Crippen LogP contribution in [0, 0.1) is 11.8 Å². The van der Waals surface area contributed by atoms with Crippen molar-refractivity contribution in [2.24, 2.45) is 11.8 Å². The molecule has 0 N–H and O–H groups in total. The predicted molar refractivity (Wildman–Crippen MR) is 60.7 cm³/mol. The standard InChI is InChI=1S/C12H20N2O2/c1-8(2)11(15)13(3)10-6-14(7-10)12(16)9-4-5-9/h8-10H,4-7H2,1-3H3. The first-order valence-corrected chi connectivity index (χ1v) is 6.06. The zero-order chi connectivity index (χ0) is 11.9. The summed E-state index contributed by atoms with van der Waals surface area (Å²) in [6.45, 7) is 5.27. The van der Waals surface area contributed by atoms with E-state index in [4.69, 9.17) is 0 Å². The van der Waals surface area contributed by atoms with Gasteiger partial charge in [-0.3, -0.25) is 9.59 Å². The van der Waals surface area contributed by atoms with Crippen molar-refractivity contribution in [1.29, 1.82) is 0 Å². The second kappa shape index (κ2) is 4.07. The Labute approximate surface area is 96.6 Å². The highest BCUT2D eigenvalue weighted by Crippen LogP contribution is 2.33. The van der Waals surface area contributed by atoms with Gasteiger partial charge in [-0.15, -0.1) is 0 Å². The third-order valence-electron chi connectivity index (χ3n) is 3.49. The maximum Gasteiger partial charge on any atom is 0.225 e. The molecule has 0 bridgehead atoms. The van der Waals surface area contributed by atoms with E-state index >= 15 is 0 Å². The first-order valence-electron chi connectivity index (χ1n) is 6.06. The highest BCUT2D eigenvalue weighted by molar-refractivity contribution is 5.83. The summed E-state index contributed by atoms with van der Waals surface area (Å²) >= 11 is 0. The Morgan fingerprint density at radius 2 is 1.81 bits per heavy atom. The van der Waals surface area contributed by atoms with Crippen molar-refractivity contribution in [3.8, 4) is 0 Å². The lowest BCUT2D eigenvalue weighted by Crippen LogP contribution is -2.62. The molecule has 4 nitrogen and oxygen atoms in total. The van der Waals surface area contributed by atoms with Crippen molar-refractivity contribution >= 4 is 11.8 Å². The van der Waals surface area contributed by atoms with Crippen LogP contribution in [0.3, 0.4) is 0 Å². The van der Waals surface area contributed by atoms with Crippen LogP contribution in [0.5, 0.6) is 0 Å². The predicted octanol–water partition coefficient (Wildman–Crippen LogP) is 0.722. The van der Waals surface area contributed by atoms with Gasteiger partial charge in [0, 0.05) is 32.0 Å². The third kappa shape index (κ3) is 2.06. The third-order valence-corrected chi connectivity index (χ3v) is 3.49. The molecule has 0 aromatic heterocycles. The van der Waals surface area contributed by atoms with E-state index in [1.54, 1.807) is 4.90 Å². The molecule has 2 rings (SSSR count). The lowest BCUT2D eigenvalue weighted by molar-refractivity contribution is -0.147. The molecular weight excluding hydrogens is 204 g/mol. The van der Waals surface area contributed by atoms with E-state index in [1.807, 2.05) is 25.8 Å². The van der Waals surface area contributed by atoms with Crippen LogP contribution in [0.15, 0.2) is 0 Å². The number of likely N-dealkylation sites (tertiary alicyclic amines) is 1. The van der Waals surface area contributed by atoms with E-state index in [-0.39, 0.29) is 17.9 Å². The summed E-state index contributed by atoms with van der Waals surface area (Å²) in [5.41, 5.74) is 0. The molecule has 2 aliphatic rings. The van der Waals surface area contributed by atoms with Crippen molar-refractivity contribution in [2.45, 2.75) is 32.7 Å². The van der Waals surface area contributed by atoms with Gasteiger partial charge < -0.3 is 9.80 Å². The van der Waals surface area contributed by atoms with E-state index in [0.717, 1.165) is 25.9 Å². The molecule has 2 fully saturated rings. The SMILES string of the molecule is CC(C)C(=O)N(C)C1CN(C(=O)C2CC2)C1. The molecule has 90 valence electrons. The van der Waals surface area contributed by atoms with Crippen molar-refractivity contribution in [3.05, 3.63) is 0 Å². The molecule has 0 aromatic carbocycles. The summed E-state index contributed by atoms with van der Waals surface area (Å²) in [7, 11) is 1.84. The summed E-state index contributed by atoms with van der Waals surface area (Å²) in [6.07, 6.45) is 2.11. The van der Waals surface area contributed by atoms with Gasteiger partial charge in [-0.1, -0.05) is 13.8 Å². The van der Waals surface area contributed by atoms with Crippen LogP contribution in [0.1, 0.15) is 26.7 Å². The van der Waals surface area contributed by atoms with E-state index in [0.29, 0.717) is 11.8 Å². The number of hydrogen-bond acceptors (Lipinski definition) is 2. The first-order chi connectivity index (χ1) is 7.50. The van der Waals surface area contributed by atoms with Gasteiger partial charge in [0.25, 0.3) is 0 Å². The maximum atomic E-state index is 11.7. The van der Waals surface area contributed by atoms with Crippen molar-refractivity contribution in [2.75, 3.05) is 20.1 Å². The molecule has 1 aliphatic carbocycles. The zero-order valence-corrected chi connectivity index (χ0v) is 10.3. The van der Waals surface area contributed by atoms with Gasteiger partial charge in [-0.05, 0) is 12.8 Å². The normalized spacial score (nSPS) is 20.9. The molecular formula is C12H20N2O2. The van der Waals surface area contributed by atoms with Crippen LogP contribution in [0.4, 0.5) is 0 Å². The molecule has 16 heavy (non-hydrogen) atoms. The highest BCUT2D eigenvalue weighted by atomic mass is 16.2. The number of likely N-dealkylation sites (N-methyl/N-ethyl adjacent to an activating group) is 1. The van der Waals surface area contributed by atoms with Crippen LogP contribution in [0.25, 0.3) is 0 Å². The van der Waals surface area contributed by atoms with Gasteiger partial charge in [-0.25, -0.2) is 0 Å². The molecule has 0 spiro atoms. The Morgan fingerprint density at radius 1 is 1.25 bits per heavy atom. The molecule has 1 heterocycles. The summed E-state index contributed by atoms with van der Waals surface area (Å²) < 4.78 is 0. The van der Waals surface area contributed by atoms with Crippen LogP contribution in [-0.4, -0.2) is 47.8 Å². The topological polar surface area (TPSA) is 40.6 Å². The summed E-state index contributed by atoms with van der Waals surface area (Å²) in [4.78, 5) is 27.1. The second-order valence-electron chi connectivity index (χ2n) is 5.28. The zero-order valence-electron chi connectivity index (χ0n) is 10.3. The number of rotatable bonds is 3. The number of amides is 2. The Balaban J connectivity index is 1.78. The largest absolute Gasteiger partial charge is 0.339 e. The van der Waals surface area contributed by atoms with Gasteiger partial charge >= 0.3 is 0 Å². The van der Waals surface area contributed by atoms with E-state index < -0.39 is 0 Å². The monoisotopic (exact) mass is 224 g/mol. The lowest BCUT2D eigenvalue weighted by Gasteiger charge is -2.44. The Hall–Kier alpha value is -1.06. The van der Waals surface area contributed by atoms with Gasteiger partial charge in [0.15, 0.2) is 0 Å². The summed E-state index contributed by atoms with van der Waals surface area (Å²) in [6, 6.07) is 0.234. The van der Waals surface area contributed by atoms with Crippen molar-refractivity contribution < 1.29 is 9.59 Å². The van der Waals surface area contributed by atoms with Crippen LogP contribution >= 0.6 is 0 Å². The highest BCUT2D eigenvalue weighted by Gasteiger charge is 2.41. The fraction of sp³-hybridized carbons (Fsp3) is 0.833. The molecule has 1 saturated carbocycles. The molecule has 0 unspecified atom stereocenters. The summed E-state index contributed by atoms with van der Waals surface area (Å²) in [5.74, 6) is 0.801. The minimum absolute atomic E-state index is 0.0400. The van der Waals surface area contributed by atoms with Crippen LogP contribution in [-0.2, 0) is 9.59 Å². The molecule has 1 saturated heterocycles. The molecule has 0 atom stereocenters. The van der Waals surface area contributed by atoms with Crippen LogP contribution < -0.4 is 0 Å². The average molecular weight is 224 g/mol.